The molecule has 1 aliphatic heterocycles. The SMILES string of the molecule is CC(C)Cn1cnnc1C1CCCN1c1cc(Cl)nc(N)n1. The van der Waals surface area contributed by atoms with Crippen LogP contribution >= 0.6 is 11.6 Å². The van der Waals surface area contributed by atoms with Crippen LogP contribution in [0.15, 0.2) is 12.4 Å². The van der Waals surface area contributed by atoms with Gasteiger partial charge in [0.2, 0.25) is 5.95 Å². The van der Waals surface area contributed by atoms with Crippen molar-refractivity contribution in [1.29, 1.82) is 0 Å². The van der Waals surface area contributed by atoms with Gasteiger partial charge in [-0.2, -0.15) is 4.98 Å². The first-order valence-electron chi connectivity index (χ1n) is 7.49. The molecule has 0 radical (unpaired) electrons. The summed E-state index contributed by atoms with van der Waals surface area (Å²) in [5, 5.41) is 8.78. The van der Waals surface area contributed by atoms with Crippen LogP contribution in [0.2, 0.25) is 5.15 Å². The van der Waals surface area contributed by atoms with Crippen molar-refractivity contribution in [2.75, 3.05) is 17.2 Å². The molecule has 118 valence electrons. The van der Waals surface area contributed by atoms with E-state index >= 15 is 0 Å². The molecule has 8 heteroatoms. The first kappa shape index (κ1) is 15.0. The Morgan fingerprint density at radius 3 is 2.95 bits per heavy atom. The molecule has 1 aliphatic rings. The van der Waals surface area contributed by atoms with Crippen LogP contribution in [-0.4, -0.2) is 31.3 Å². The van der Waals surface area contributed by atoms with Gasteiger partial charge in [-0.1, -0.05) is 25.4 Å². The molecule has 22 heavy (non-hydrogen) atoms. The maximum absolute atomic E-state index is 6.01. The summed E-state index contributed by atoms with van der Waals surface area (Å²) in [5.74, 6) is 2.45. The minimum atomic E-state index is 0.145. The van der Waals surface area contributed by atoms with Gasteiger partial charge < -0.3 is 15.2 Å². The molecule has 0 saturated carbocycles. The lowest BCUT2D eigenvalue weighted by molar-refractivity contribution is 0.487. The number of anilines is 2. The zero-order valence-electron chi connectivity index (χ0n) is 12.8. The predicted molar refractivity (Wildman–Crippen MR) is 85.6 cm³/mol. The third kappa shape index (κ3) is 2.99. The van der Waals surface area contributed by atoms with Crippen LogP contribution in [0.25, 0.3) is 0 Å². The molecule has 0 amide bonds. The quantitative estimate of drug-likeness (QED) is 0.870. The maximum atomic E-state index is 6.01. The van der Waals surface area contributed by atoms with E-state index in [1.165, 1.54) is 0 Å². The smallest absolute Gasteiger partial charge is 0.223 e. The third-order valence-electron chi connectivity index (χ3n) is 3.75. The van der Waals surface area contributed by atoms with E-state index in [2.05, 4.69) is 43.5 Å². The van der Waals surface area contributed by atoms with E-state index in [0.29, 0.717) is 11.1 Å². The van der Waals surface area contributed by atoms with Crippen LogP contribution in [-0.2, 0) is 6.54 Å². The van der Waals surface area contributed by atoms with Crippen molar-refractivity contribution >= 4 is 23.4 Å². The van der Waals surface area contributed by atoms with Crippen molar-refractivity contribution in [2.45, 2.75) is 39.3 Å². The van der Waals surface area contributed by atoms with E-state index < -0.39 is 0 Å². The Kier molecular flexibility index (Phi) is 4.15. The van der Waals surface area contributed by atoms with Crippen LogP contribution in [0.1, 0.15) is 38.6 Å². The number of nitrogen functional groups attached to an aromatic ring is 1. The molecule has 7 nitrogen and oxygen atoms in total. The highest BCUT2D eigenvalue weighted by Gasteiger charge is 2.31. The minimum Gasteiger partial charge on any atom is -0.368 e. The van der Waals surface area contributed by atoms with Gasteiger partial charge in [0.25, 0.3) is 0 Å². The number of hydrogen-bond acceptors (Lipinski definition) is 6. The second kappa shape index (κ2) is 6.08. The fraction of sp³-hybridized carbons (Fsp3) is 0.571. The normalized spacial score (nSPS) is 18.4. The highest BCUT2D eigenvalue weighted by atomic mass is 35.5. The lowest BCUT2D eigenvalue weighted by atomic mass is 10.2. The zero-order valence-corrected chi connectivity index (χ0v) is 13.5. The molecule has 2 aromatic heterocycles. The Morgan fingerprint density at radius 1 is 1.41 bits per heavy atom. The van der Waals surface area contributed by atoms with E-state index in [9.17, 15) is 0 Å². The fourth-order valence-corrected chi connectivity index (χ4v) is 3.12. The largest absolute Gasteiger partial charge is 0.368 e. The summed E-state index contributed by atoms with van der Waals surface area (Å²) < 4.78 is 2.12. The second-order valence-corrected chi connectivity index (χ2v) is 6.38. The third-order valence-corrected chi connectivity index (χ3v) is 3.94. The number of nitrogens with two attached hydrogens (primary N) is 1. The average molecular weight is 322 g/mol. The maximum Gasteiger partial charge on any atom is 0.223 e. The molecule has 0 aromatic carbocycles. The molecule has 0 bridgehead atoms. The van der Waals surface area contributed by atoms with Gasteiger partial charge in [-0.25, -0.2) is 4.98 Å². The first-order chi connectivity index (χ1) is 10.5. The topological polar surface area (TPSA) is 85.8 Å². The summed E-state index contributed by atoms with van der Waals surface area (Å²) in [5.41, 5.74) is 5.72. The highest BCUT2D eigenvalue weighted by Crippen LogP contribution is 2.35. The Balaban J connectivity index is 1.92. The Hall–Kier alpha value is -1.89. The fourth-order valence-electron chi connectivity index (χ4n) is 2.94. The molecule has 2 N–H and O–H groups in total. The van der Waals surface area contributed by atoms with Gasteiger partial charge in [-0.05, 0) is 18.8 Å². The lowest BCUT2D eigenvalue weighted by Gasteiger charge is -2.25. The number of hydrogen-bond donors (Lipinski definition) is 1. The molecular weight excluding hydrogens is 302 g/mol. The monoisotopic (exact) mass is 321 g/mol. The molecular formula is C14H20ClN7. The predicted octanol–water partition coefficient (Wildman–Crippen LogP) is 2.30. The van der Waals surface area contributed by atoms with Crippen LogP contribution in [0.5, 0.6) is 0 Å². The molecule has 1 atom stereocenters. The van der Waals surface area contributed by atoms with E-state index in [1.54, 1.807) is 12.4 Å². The average Bonchev–Trinajstić information content (AvgIpc) is 3.04. The van der Waals surface area contributed by atoms with Gasteiger partial charge in [0.05, 0.1) is 6.04 Å². The molecule has 1 fully saturated rings. The number of aromatic nitrogens is 5. The molecule has 3 rings (SSSR count). The highest BCUT2D eigenvalue weighted by molar-refractivity contribution is 6.29. The number of nitrogens with zero attached hydrogens (tertiary/aromatic N) is 6. The van der Waals surface area contributed by atoms with Crippen LogP contribution < -0.4 is 10.6 Å². The van der Waals surface area contributed by atoms with Gasteiger partial charge in [-0.3, -0.25) is 0 Å². The molecule has 2 aromatic rings. The van der Waals surface area contributed by atoms with Crippen LogP contribution in [0, 0.1) is 5.92 Å². The van der Waals surface area contributed by atoms with Crippen molar-refractivity contribution < 1.29 is 0 Å². The standard InChI is InChI=1S/C14H20ClN7/c1-9(2)7-21-8-17-20-13(21)10-4-3-5-22(10)12-6-11(15)18-14(16)19-12/h6,8-10H,3-5,7H2,1-2H3,(H2,16,18,19). The Labute approximate surface area is 134 Å². The van der Waals surface area contributed by atoms with E-state index in [4.69, 9.17) is 17.3 Å². The lowest BCUT2D eigenvalue weighted by Crippen LogP contribution is -2.27. The van der Waals surface area contributed by atoms with Crippen molar-refractivity contribution in [3.05, 3.63) is 23.4 Å². The Morgan fingerprint density at radius 2 is 2.23 bits per heavy atom. The summed E-state index contributed by atoms with van der Waals surface area (Å²) in [6, 6.07) is 1.89. The summed E-state index contributed by atoms with van der Waals surface area (Å²) in [7, 11) is 0. The van der Waals surface area contributed by atoms with Crippen LogP contribution in [0.4, 0.5) is 11.8 Å². The molecule has 3 heterocycles. The summed E-state index contributed by atoms with van der Waals surface area (Å²) in [6.45, 7) is 6.16. The summed E-state index contributed by atoms with van der Waals surface area (Å²) in [4.78, 5) is 10.4. The van der Waals surface area contributed by atoms with Crippen molar-refractivity contribution in [3.63, 3.8) is 0 Å². The van der Waals surface area contributed by atoms with Crippen molar-refractivity contribution in [2.24, 2.45) is 5.92 Å². The summed E-state index contributed by atoms with van der Waals surface area (Å²) >= 11 is 6.01. The van der Waals surface area contributed by atoms with Crippen LogP contribution in [0.3, 0.4) is 0 Å². The summed E-state index contributed by atoms with van der Waals surface area (Å²) in [6.07, 6.45) is 3.88. The van der Waals surface area contributed by atoms with Gasteiger partial charge in [0, 0.05) is 19.2 Å². The minimum absolute atomic E-state index is 0.145. The van der Waals surface area contributed by atoms with Crippen molar-refractivity contribution in [1.82, 2.24) is 24.7 Å². The zero-order chi connectivity index (χ0) is 15.7. The van der Waals surface area contributed by atoms with E-state index in [1.807, 2.05) is 0 Å². The molecule has 0 spiro atoms. The molecule has 1 unspecified atom stereocenters. The van der Waals surface area contributed by atoms with Crippen molar-refractivity contribution in [3.8, 4) is 0 Å². The van der Waals surface area contributed by atoms with E-state index in [0.717, 1.165) is 37.6 Å². The number of halogens is 1. The van der Waals surface area contributed by atoms with Gasteiger partial charge in [-0.15, -0.1) is 10.2 Å². The van der Waals surface area contributed by atoms with Gasteiger partial charge in [0.1, 0.15) is 17.3 Å². The van der Waals surface area contributed by atoms with Gasteiger partial charge in [0.15, 0.2) is 5.82 Å². The molecule has 0 aliphatic carbocycles. The molecule has 1 saturated heterocycles. The first-order valence-corrected chi connectivity index (χ1v) is 7.87. The Bertz CT molecular complexity index is 634. The number of rotatable bonds is 4. The second-order valence-electron chi connectivity index (χ2n) is 5.99. The van der Waals surface area contributed by atoms with E-state index in [-0.39, 0.29) is 12.0 Å². The van der Waals surface area contributed by atoms with Gasteiger partial charge >= 0.3 is 0 Å².